The summed E-state index contributed by atoms with van der Waals surface area (Å²) in [6, 6.07) is 5.55. The van der Waals surface area contributed by atoms with E-state index in [1.165, 1.54) is 0 Å². The van der Waals surface area contributed by atoms with Crippen molar-refractivity contribution in [3.05, 3.63) is 29.3 Å². The Morgan fingerprint density at radius 2 is 2.05 bits per heavy atom. The molecule has 1 aliphatic heterocycles. The highest BCUT2D eigenvalue weighted by Crippen LogP contribution is 2.37. The minimum Gasteiger partial charge on any atom is -0.350 e. The molecule has 0 spiro atoms. The van der Waals surface area contributed by atoms with Crippen LogP contribution in [-0.4, -0.2) is 17.9 Å². The molecule has 0 aromatic heterocycles. The standard InChI is InChI=1S/C15H20N2O2/c1-9(2)16-14(19)10-5-6-12-11(7-10)15(3,4)8-13(18)17-12/h5-7,9H,8H2,1-4H3,(H,16,19)(H,17,18). The van der Waals surface area contributed by atoms with Crippen LogP contribution in [0.2, 0.25) is 0 Å². The Bertz CT molecular complexity index is 533. The Hall–Kier alpha value is -1.84. The van der Waals surface area contributed by atoms with Crippen molar-refractivity contribution in [3.8, 4) is 0 Å². The highest BCUT2D eigenvalue weighted by Gasteiger charge is 2.32. The summed E-state index contributed by atoms with van der Waals surface area (Å²) in [5.74, 6) is -0.0534. The number of amides is 2. The Morgan fingerprint density at radius 3 is 2.68 bits per heavy atom. The summed E-state index contributed by atoms with van der Waals surface area (Å²) in [6.07, 6.45) is 0.440. The topological polar surface area (TPSA) is 58.2 Å². The molecule has 0 radical (unpaired) electrons. The summed E-state index contributed by atoms with van der Waals surface area (Å²) in [7, 11) is 0. The van der Waals surface area contributed by atoms with Gasteiger partial charge in [-0.1, -0.05) is 13.8 Å². The normalized spacial score (nSPS) is 16.8. The molecule has 2 N–H and O–H groups in total. The van der Waals surface area contributed by atoms with Crippen LogP contribution in [0.4, 0.5) is 5.69 Å². The summed E-state index contributed by atoms with van der Waals surface area (Å²) in [6.45, 7) is 7.91. The third-order valence-electron chi connectivity index (χ3n) is 3.31. The number of hydrogen-bond acceptors (Lipinski definition) is 2. The van der Waals surface area contributed by atoms with E-state index in [0.717, 1.165) is 11.3 Å². The first-order valence-corrected chi connectivity index (χ1v) is 6.55. The molecule has 0 bridgehead atoms. The molecule has 1 aromatic carbocycles. The van der Waals surface area contributed by atoms with E-state index in [2.05, 4.69) is 10.6 Å². The van der Waals surface area contributed by atoms with E-state index in [-0.39, 0.29) is 23.3 Å². The fraction of sp³-hybridized carbons (Fsp3) is 0.467. The van der Waals surface area contributed by atoms with Gasteiger partial charge in [0, 0.05) is 29.1 Å². The summed E-state index contributed by atoms with van der Waals surface area (Å²) >= 11 is 0. The number of carbonyl (C=O) groups is 2. The number of hydrogen-bond donors (Lipinski definition) is 2. The van der Waals surface area contributed by atoms with Gasteiger partial charge in [0.05, 0.1) is 0 Å². The van der Waals surface area contributed by atoms with Crippen LogP contribution in [0, 0.1) is 0 Å². The molecule has 1 aromatic rings. The van der Waals surface area contributed by atoms with Gasteiger partial charge in [-0.15, -0.1) is 0 Å². The number of anilines is 1. The molecule has 0 atom stereocenters. The lowest BCUT2D eigenvalue weighted by atomic mass is 9.77. The Labute approximate surface area is 113 Å². The number of carbonyl (C=O) groups excluding carboxylic acids is 2. The third kappa shape index (κ3) is 2.78. The van der Waals surface area contributed by atoms with E-state index < -0.39 is 0 Å². The molecule has 102 valence electrons. The van der Waals surface area contributed by atoms with Gasteiger partial charge in [-0.05, 0) is 37.6 Å². The predicted molar refractivity (Wildman–Crippen MR) is 75.3 cm³/mol. The quantitative estimate of drug-likeness (QED) is 0.858. The van der Waals surface area contributed by atoms with Crippen LogP contribution in [0.3, 0.4) is 0 Å². The number of fused-ring (bicyclic) bond motifs is 1. The maximum absolute atomic E-state index is 12.0. The molecule has 2 amide bonds. The molecule has 19 heavy (non-hydrogen) atoms. The second-order valence-electron chi connectivity index (χ2n) is 6.00. The largest absolute Gasteiger partial charge is 0.350 e. The van der Waals surface area contributed by atoms with Gasteiger partial charge < -0.3 is 10.6 Å². The molecule has 2 rings (SSSR count). The molecule has 4 nitrogen and oxygen atoms in total. The lowest BCUT2D eigenvalue weighted by Gasteiger charge is -2.32. The van der Waals surface area contributed by atoms with Crippen LogP contribution in [0.1, 0.15) is 50.0 Å². The summed E-state index contributed by atoms with van der Waals surface area (Å²) in [5.41, 5.74) is 2.22. The van der Waals surface area contributed by atoms with Crippen molar-refractivity contribution in [2.24, 2.45) is 0 Å². The van der Waals surface area contributed by atoms with E-state index in [1.807, 2.05) is 39.8 Å². The van der Waals surface area contributed by atoms with Gasteiger partial charge in [-0.2, -0.15) is 0 Å². The molecule has 0 fully saturated rings. The van der Waals surface area contributed by atoms with Crippen LogP contribution < -0.4 is 10.6 Å². The highest BCUT2D eigenvalue weighted by molar-refractivity contribution is 5.99. The first-order chi connectivity index (χ1) is 8.79. The Kier molecular flexibility index (Phi) is 3.35. The molecule has 0 aliphatic carbocycles. The predicted octanol–water partition coefficient (Wildman–Crippen LogP) is 2.44. The Balaban J connectivity index is 2.38. The van der Waals surface area contributed by atoms with Gasteiger partial charge in [0.1, 0.15) is 0 Å². The van der Waals surface area contributed by atoms with Gasteiger partial charge in [0.15, 0.2) is 0 Å². The minimum atomic E-state index is -0.244. The summed E-state index contributed by atoms with van der Waals surface area (Å²) in [4.78, 5) is 23.6. The van der Waals surface area contributed by atoms with Gasteiger partial charge in [-0.3, -0.25) is 9.59 Å². The van der Waals surface area contributed by atoms with Gasteiger partial charge >= 0.3 is 0 Å². The van der Waals surface area contributed by atoms with Gasteiger partial charge in [0.2, 0.25) is 5.91 Å². The monoisotopic (exact) mass is 260 g/mol. The Morgan fingerprint density at radius 1 is 1.37 bits per heavy atom. The van der Waals surface area contributed by atoms with Crippen LogP contribution in [0.5, 0.6) is 0 Å². The van der Waals surface area contributed by atoms with Gasteiger partial charge in [0.25, 0.3) is 5.91 Å². The van der Waals surface area contributed by atoms with Crippen molar-refractivity contribution in [2.75, 3.05) is 5.32 Å². The molecule has 4 heteroatoms. The van der Waals surface area contributed by atoms with Crippen molar-refractivity contribution in [2.45, 2.75) is 45.6 Å². The van der Waals surface area contributed by atoms with E-state index in [4.69, 9.17) is 0 Å². The zero-order valence-corrected chi connectivity index (χ0v) is 11.8. The second-order valence-corrected chi connectivity index (χ2v) is 6.00. The fourth-order valence-electron chi connectivity index (χ4n) is 2.39. The average molecular weight is 260 g/mol. The summed E-state index contributed by atoms with van der Waals surface area (Å²) in [5, 5.41) is 5.73. The third-order valence-corrected chi connectivity index (χ3v) is 3.31. The molecule has 0 saturated heterocycles. The van der Waals surface area contributed by atoms with E-state index in [9.17, 15) is 9.59 Å². The summed E-state index contributed by atoms with van der Waals surface area (Å²) < 4.78 is 0. The number of nitrogens with one attached hydrogen (secondary N) is 2. The zero-order valence-electron chi connectivity index (χ0n) is 11.8. The van der Waals surface area contributed by atoms with Crippen molar-refractivity contribution in [1.29, 1.82) is 0 Å². The van der Waals surface area contributed by atoms with Crippen molar-refractivity contribution >= 4 is 17.5 Å². The van der Waals surface area contributed by atoms with Crippen LogP contribution in [0.15, 0.2) is 18.2 Å². The SMILES string of the molecule is CC(C)NC(=O)c1ccc2c(c1)C(C)(C)CC(=O)N2. The maximum atomic E-state index is 12.0. The molecule has 1 aliphatic rings. The van der Waals surface area contributed by atoms with E-state index in [0.29, 0.717) is 12.0 Å². The first kappa shape index (κ1) is 13.6. The maximum Gasteiger partial charge on any atom is 0.251 e. The van der Waals surface area contributed by atoms with Crippen LogP contribution in [-0.2, 0) is 10.2 Å². The molecular weight excluding hydrogens is 240 g/mol. The van der Waals surface area contributed by atoms with Crippen LogP contribution in [0.25, 0.3) is 0 Å². The highest BCUT2D eigenvalue weighted by atomic mass is 16.2. The molecule has 1 heterocycles. The first-order valence-electron chi connectivity index (χ1n) is 6.55. The lowest BCUT2D eigenvalue weighted by molar-refractivity contribution is -0.117. The number of benzene rings is 1. The van der Waals surface area contributed by atoms with Crippen molar-refractivity contribution in [3.63, 3.8) is 0 Å². The van der Waals surface area contributed by atoms with Crippen LogP contribution >= 0.6 is 0 Å². The molecular formula is C15H20N2O2. The van der Waals surface area contributed by atoms with Gasteiger partial charge in [-0.25, -0.2) is 0 Å². The molecule has 0 unspecified atom stereocenters. The zero-order chi connectivity index (χ0) is 14.2. The van der Waals surface area contributed by atoms with E-state index >= 15 is 0 Å². The number of rotatable bonds is 2. The fourth-order valence-corrected chi connectivity index (χ4v) is 2.39. The smallest absolute Gasteiger partial charge is 0.251 e. The van der Waals surface area contributed by atoms with Crippen molar-refractivity contribution in [1.82, 2.24) is 5.32 Å². The van der Waals surface area contributed by atoms with Crippen molar-refractivity contribution < 1.29 is 9.59 Å². The minimum absolute atomic E-state index is 0.0249. The van der Waals surface area contributed by atoms with E-state index in [1.54, 1.807) is 6.07 Å². The molecule has 0 saturated carbocycles. The second kappa shape index (κ2) is 4.68. The lowest BCUT2D eigenvalue weighted by Crippen LogP contribution is -2.34. The average Bonchev–Trinajstić information content (AvgIpc) is 2.26.